The normalized spacial score (nSPS) is 0. The van der Waals surface area contributed by atoms with Crippen LogP contribution in [-0.2, 0) is 21.7 Å². The minimum atomic E-state index is 0. The smallest absolute Gasteiger partial charge is 0.870 e. The van der Waals surface area contributed by atoms with Crippen molar-refractivity contribution >= 4 is 0 Å². The van der Waals surface area contributed by atoms with Gasteiger partial charge in [0, 0.05) is 21.7 Å². The topological polar surface area (TPSA) is 120 Å². The molecule has 0 spiro atoms. The summed E-state index contributed by atoms with van der Waals surface area (Å²) in [7, 11) is 0. The molecule has 0 heterocycles. The van der Waals surface area contributed by atoms with E-state index >= 15 is 0 Å². The van der Waals surface area contributed by atoms with E-state index in [4.69, 9.17) is 0 Å². The molecule has 0 atom stereocenters. The standard InChI is InChI=1S/4H2O.Ti.U/h4*1H2;;/q;;;;;+4/p-4. The van der Waals surface area contributed by atoms with Crippen LogP contribution in [0.1, 0.15) is 0 Å². The summed E-state index contributed by atoms with van der Waals surface area (Å²) in [6.07, 6.45) is 0. The molecule has 0 fully saturated rings. The fourth-order valence-electron chi connectivity index (χ4n) is 0. The van der Waals surface area contributed by atoms with Crippen LogP contribution in [0.2, 0.25) is 0 Å². The fourth-order valence-corrected chi connectivity index (χ4v) is 0. The molecule has 0 aromatic carbocycles. The second-order valence-corrected chi connectivity index (χ2v) is 0. The summed E-state index contributed by atoms with van der Waals surface area (Å²) in [5.41, 5.74) is 0. The Balaban J connectivity index is 0. The molecule has 0 aromatic rings. The molecule has 0 rings (SSSR count). The Morgan fingerprint density at radius 3 is 0.500 bits per heavy atom. The molecule has 0 unspecified atom stereocenters. The van der Waals surface area contributed by atoms with Crippen molar-refractivity contribution in [2.24, 2.45) is 0 Å². The molecule has 0 saturated heterocycles. The van der Waals surface area contributed by atoms with Crippen LogP contribution >= 0.6 is 0 Å². The van der Waals surface area contributed by atoms with Gasteiger partial charge >= 0.3 is 31.1 Å². The first kappa shape index (κ1) is 129. The summed E-state index contributed by atoms with van der Waals surface area (Å²) in [6.45, 7) is 0. The molecule has 36 valence electrons. The maximum absolute atomic E-state index is 0. The van der Waals surface area contributed by atoms with Crippen LogP contribution in [0.3, 0.4) is 0 Å². The van der Waals surface area contributed by atoms with E-state index in [0.29, 0.717) is 0 Å². The summed E-state index contributed by atoms with van der Waals surface area (Å²) < 4.78 is 0. The minimum absolute atomic E-state index is 0. The maximum Gasteiger partial charge on any atom is 4.00 e. The first-order chi connectivity index (χ1) is 0. The third kappa shape index (κ3) is 46.1. The van der Waals surface area contributed by atoms with Crippen LogP contribution in [0.5, 0.6) is 0 Å². The first-order valence-electron chi connectivity index (χ1n) is 0. The van der Waals surface area contributed by atoms with Gasteiger partial charge in [-0.15, -0.1) is 0 Å². The van der Waals surface area contributed by atoms with Crippen LogP contribution in [0.4, 0.5) is 0 Å². The maximum atomic E-state index is 0. The summed E-state index contributed by atoms with van der Waals surface area (Å²) in [4.78, 5) is 0. The van der Waals surface area contributed by atoms with Gasteiger partial charge in [0.25, 0.3) is 0 Å². The second-order valence-electron chi connectivity index (χ2n) is 0. The van der Waals surface area contributed by atoms with Crippen LogP contribution in [-0.4, -0.2) is 21.9 Å². The van der Waals surface area contributed by atoms with Gasteiger partial charge in [-0.3, -0.25) is 0 Å². The van der Waals surface area contributed by atoms with Gasteiger partial charge in [-0.05, 0) is 0 Å². The van der Waals surface area contributed by atoms with Crippen molar-refractivity contribution in [1.29, 1.82) is 0 Å². The van der Waals surface area contributed by atoms with Crippen molar-refractivity contribution in [2.45, 2.75) is 0 Å². The van der Waals surface area contributed by atoms with Crippen molar-refractivity contribution < 1.29 is 74.7 Å². The van der Waals surface area contributed by atoms with Crippen molar-refractivity contribution in [3.8, 4) is 0 Å². The summed E-state index contributed by atoms with van der Waals surface area (Å²) in [5, 5.41) is 0. The monoisotopic (exact) mass is 354 g/mol. The SMILES string of the molecule is [OH-].[OH-].[OH-].[OH-].[Ti].[U+4]. The zero-order valence-corrected chi connectivity index (χ0v) is 8.51. The van der Waals surface area contributed by atoms with E-state index in [0.717, 1.165) is 0 Å². The van der Waals surface area contributed by atoms with Gasteiger partial charge < -0.3 is 21.9 Å². The van der Waals surface area contributed by atoms with Gasteiger partial charge in [0.05, 0.1) is 0 Å². The Morgan fingerprint density at radius 1 is 0.500 bits per heavy atom. The van der Waals surface area contributed by atoms with Crippen LogP contribution in [0.15, 0.2) is 0 Å². The Labute approximate surface area is 74.2 Å². The molecule has 0 aliphatic carbocycles. The molecule has 0 aromatic heterocycles. The van der Waals surface area contributed by atoms with Crippen molar-refractivity contribution in [3.63, 3.8) is 0 Å². The number of rotatable bonds is 0. The number of hydrogen-bond acceptors (Lipinski definition) is 4. The molecular weight excluding hydrogens is 350 g/mol. The van der Waals surface area contributed by atoms with Crippen LogP contribution < -0.4 is 0 Å². The van der Waals surface area contributed by atoms with E-state index in [1.807, 2.05) is 0 Å². The van der Waals surface area contributed by atoms with Gasteiger partial charge in [-0.1, -0.05) is 0 Å². The van der Waals surface area contributed by atoms with Crippen molar-refractivity contribution in [2.75, 3.05) is 0 Å². The fraction of sp³-hybridized carbons (Fsp3) is 0. The predicted octanol–water partition coefficient (Wildman–Crippen LogP) is -0.710. The predicted molar refractivity (Wildman–Crippen MR) is 7.74 cm³/mol. The molecule has 4 nitrogen and oxygen atoms in total. The largest absolute Gasteiger partial charge is 4.00 e. The average molecular weight is 354 g/mol. The van der Waals surface area contributed by atoms with E-state index in [1.165, 1.54) is 0 Å². The van der Waals surface area contributed by atoms with E-state index in [1.54, 1.807) is 0 Å². The molecular formula is H4O4TiU. The molecule has 0 aliphatic rings. The Bertz CT molecular complexity index is 7.51. The Kier molecular flexibility index (Phi) is 1730. The van der Waals surface area contributed by atoms with Crippen molar-refractivity contribution in [1.82, 2.24) is 0 Å². The van der Waals surface area contributed by atoms with E-state index < -0.39 is 0 Å². The van der Waals surface area contributed by atoms with E-state index in [2.05, 4.69) is 0 Å². The number of hydrogen-bond donors (Lipinski definition) is 0. The van der Waals surface area contributed by atoms with Crippen LogP contribution in [0, 0.1) is 31.1 Å². The van der Waals surface area contributed by atoms with Crippen molar-refractivity contribution in [3.05, 3.63) is 0 Å². The van der Waals surface area contributed by atoms with Gasteiger partial charge in [0.15, 0.2) is 0 Å². The summed E-state index contributed by atoms with van der Waals surface area (Å²) in [5.74, 6) is 0. The van der Waals surface area contributed by atoms with E-state index in [-0.39, 0.29) is 74.7 Å². The molecule has 0 amide bonds. The third-order valence-electron chi connectivity index (χ3n) is 0. The Hall–Kier alpha value is 1.61. The Morgan fingerprint density at radius 2 is 0.500 bits per heavy atom. The van der Waals surface area contributed by atoms with E-state index in [9.17, 15) is 0 Å². The molecule has 6 heavy (non-hydrogen) atoms. The molecule has 0 aliphatic heterocycles. The van der Waals surface area contributed by atoms with Gasteiger partial charge in [0.2, 0.25) is 0 Å². The van der Waals surface area contributed by atoms with Gasteiger partial charge in [0.1, 0.15) is 0 Å². The zero-order valence-electron chi connectivity index (χ0n) is 2.79. The quantitative estimate of drug-likeness (QED) is 0.534. The van der Waals surface area contributed by atoms with Gasteiger partial charge in [-0.2, -0.15) is 0 Å². The third-order valence-corrected chi connectivity index (χ3v) is 0. The average Bonchev–Trinajstić information content (AvgIpc) is 0. The van der Waals surface area contributed by atoms with Crippen LogP contribution in [0.25, 0.3) is 0 Å². The first-order valence-corrected chi connectivity index (χ1v) is 0. The minimum Gasteiger partial charge on any atom is -0.870 e. The molecule has 0 saturated carbocycles. The zero-order chi connectivity index (χ0) is 0. The molecule has 4 N–H and O–H groups in total. The molecule has 0 radical (unpaired) electrons. The second kappa shape index (κ2) is 80.5. The van der Waals surface area contributed by atoms with Gasteiger partial charge in [-0.25, -0.2) is 0 Å². The molecule has 6 heteroatoms. The molecule has 0 bridgehead atoms. The summed E-state index contributed by atoms with van der Waals surface area (Å²) >= 11 is 0. The summed E-state index contributed by atoms with van der Waals surface area (Å²) in [6, 6.07) is 0.